The van der Waals surface area contributed by atoms with Crippen molar-refractivity contribution in [3.05, 3.63) is 0 Å². The van der Waals surface area contributed by atoms with Gasteiger partial charge in [0.25, 0.3) is 0 Å². The first-order valence-corrected chi connectivity index (χ1v) is 3.95. The zero-order valence-corrected chi connectivity index (χ0v) is 10.1. The van der Waals surface area contributed by atoms with E-state index in [1.54, 1.807) is 0 Å². The zero-order chi connectivity index (χ0) is 12.4. The molecule has 0 radical (unpaired) electrons. The Bertz CT molecular complexity index is 236. The molecule has 0 unspecified atom stereocenters. The molecule has 0 aromatic rings. The Balaban J connectivity index is -0.000000242. The first-order chi connectivity index (χ1) is 6.81. The van der Waals surface area contributed by atoms with Gasteiger partial charge in [-0.1, -0.05) is 0 Å². The standard InChI is InChI=1S/C5H10N2O3.C2H5NO2.Mg/c6-3(5(9)10)1-2-4(7)8;3-1-2(4)5;/h3H,1-2,6H2,(H2,7,8)(H,9,10);1,3H2,(H,4,5);/q;;+2/p-2/t3-;;/m0../s1. The van der Waals surface area contributed by atoms with Crippen LogP contribution in [0, 0.1) is 0 Å². The number of carboxylic acid groups (broad SMARTS) is 2. The number of carbonyl (C=O) groups is 3. The fourth-order valence-electron chi connectivity index (χ4n) is 0.416. The van der Waals surface area contributed by atoms with Gasteiger partial charge in [-0.25, -0.2) is 0 Å². The van der Waals surface area contributed by atoms with Crippen molar-refractivity contribution >= 4 is 40.9 Å². The van der Waals surface area contributed by atoms with E-state index >= 15 is 0 Å². The molecular formula is C7H13MgN3O5. The number of hydrogen-bond acceptors (Lipinski definition) is 7. The van der Waals surface area contributed by atoms with E-state index < -0.39 is 23.9 Å². The summed E-state index contributed by atoms with van der Waals surface area (Å²) in [5.41, 5.74) is 14.2. The van der Waals surface area contributed by atoms with Crippen molar-refractivity contribution in [2.75, 3.05) is 6.54 Å². The molecule has 0 saturated heterocycles. The van der Waals surface area contributed by atoms with Gasteiger partial charge in [-0.3, -0.25) is 4.79 Å². The first kappa shape index (κ1) is 20.5. The van der Waals surface area contributed by atoms with Gasteiger partial charge < -0.3 is 37.0 Å². The number of aliphatic carboxylic acids is 2. The number of amides is 1. The van der Waals surface area contributed by atoms with E-state index in [1.165, 1.54) is 0 Å². The van der Waals surface area contributed by atoms with E-state index in [9.17, 15) is 14.7 Å². The summed E-state index contributed by atoms with van der Waals surface area (Å²) in [4.78, 5) is 29.1. The fraction of sp³-hybridized carbons (Fsp3) is 0.571. The molecule has 6 N–H and O–H groups in total. The maximum absolute atomic E-state index is 10.1. The minimum atomic E-state index is -1.36. The van der Waals surface area contributed by atoms with Gasteiger partial charge in [0.2, 0.25) is 5.91 Å². The van der Waals surface area contributed by atoms with E-state index in [-0.39, 0.29) is 42.4 Å². The third-order valence-corrected chi connectivity index (χ3v) is 1.17. The molecule has 8 nitrogen and oxygen atoms in total. The second-order valence-electron chi connectivity index (χ2n) is 2.51. The van der Waals surface area contributed by atoms with Gasteiger partial charge in [-0.05, 0) is 6.42 Å². The predicted molar refractivity (Wildman–Crippen MR) is 51.2 cm³/mol. The van der Waals surface area contributed by atoms with Crippen LogP contribution in [-0.2, 0) is 14.4 Å². The van der Waals surface area contributed by atoms with E-state index in [1.807, 2.05) is 0 Å². The third kappa shape index (κ3) is 18.8. The predicted octanol–water partition coefficient (Wildman–Crippen LogP) is -5.36. The first-order valence-electron chi connectivity index (χ1n) is 3.95. The summed E-state index contributed by atoms with van der Waals surface area (Å²) in [6, 6.07) is -1.09. The van der Waals surface area contributed by atoms with Crippen LogP contribution in [0.3, 0.4) is 0 Å². The smallest absolute Gasteiger partial charge is 0.549 e. The molecule has 0 fully saturated rings. The van der Waals surface area contributed by atoms with Gasteiger partial charge in [-0.15, -0.1) is 0 Å². The summed E-state index contributed by atoms with van der Waals surface area (Å²) >= 11 is 0. The third-order valence-electron chi connectivity index (χ3n) is 1.17. The van der Waals surface area contributed by atoms with Crippen LogP contribution in [0.15, 0.2) is 0 Å². The Kier molecular flexibility index (Phi) is 15.6. The molecule has 0 rings (SSSR count). The Morgan fingerprint density at radius 2 is 1.56 bits per heavy atom. The molecule has 0 aromatic carbocycles. The Morgan fingerprint density at radius 1 is 1.19 bits per heavy atom. The summed E-state index contributed by atoms with van der Waals surface area (Å²) in [7, 11) is 0. The minimum absolute atomic E-state index is 0. The van der Waals surface area contributed by atoms with Crippen molar-refractivity contribution < 1.29 is 24.6 Å². The van der Waals surface area contributed by atoms with Crippen molar-refractivity contribution in [3.63, 3.8) is 0 Å². The van der Waals surface area contributed by atoms with Crippen LogP contribution < -0.4 is 27.4 Å². The van der Waals surface area contributed by atoms with Crippen molar-refractivity contribution in [3.8, 4) is 0 Å². The molecule has 16 heavy (non-hydrogen) atoms. The number of carbonyl (C=O) groups excluding carboxylic acids is 3. The van der Waals surface area contributed by atoms with Crippen LogP contribution in [-0.4, -0.2) is 53.5 Å². The summed E-state index contributed by atoms with van der Waals surface area (Å²) in [6.45, 7) is -0.389. The van der Waals surface area contributed by atoms with Crippen LogP contribution >= 0.6 is 0 Å². The fourth-order valence-corrected chi connectivity index (χ4v) is 0.416. The molecule has 0 saturated carbocycles. The summed E-state index contributed by atoms with van der Waals surface area (Å²) in [6.07, 6.45) is 0.0206. The maximum atomic E-state index is 10.1. The van der Waals surface area contributed by atoms with Crippen LogP contribution in [0.2, 0.25) is 0 Å². The molecule has 88 valence electrons. The normalized spacial score (nSPS) is 10.1. The van der Waals surface area contributed by atoms with Crippen LogP contribution in [0.4, 0.5) is 0 Å². The van der Waals surface area contributed by atoms with Crippen LogP contribution in [0.5, 0.6) is 0 Å². The second-order valence-corrected chi connectivity index (χ2v) is 2.51. The van der Waals surface area contributed by atoms with Gasteiger partial charge >= 0.3 is 23.1 Å². The zero-order valence-electron chi connectivity index (χ0n) is 8.68. The van der Waals surface area contributed by atoms with E-state index in [4.69, 9.17) is 21.4 Å². The molecular weight excluding hydrogens is 230 g/mol. The number of carboxylic acids is 2. The van der Waals surface area contributed by atoms with Crippen LogP contribution in [0.1, 0.15) is 12.8 Å². The number of rotatable bonds is 5. The summed E-state index contributed by atoms with van der Waals surface area (Å²) in [5, 5.41) is 19.1. The molecule has 1 atom stereocenters. The summed E-state index contributed by atoms with van der Waals surface area (Å²) in [5.74, 6) is -3.14. The number of primary amides is 1. The van der Waals surface area contributed by atoms with Crippen molar-refractivity contribution in [1.82, 2.24) is 0 Å². The topological polar surface area (TPSA) is 175 Å². The van der Waals surface area contributed by atoms with Gasteiger partial charge in [0.05, 0.1) is 11.9 Å². The Hall–Kier alpha value is -0.904. The van der Waals surface area contributed by atoms with Gasteiger partial charge in [0.15, 0.2) is 0 Å². The minimum Gasteiger partial charge on any atom is -0.549 e. The average Bonchev–Trinajstić information content (AvgIpc) is 2.14. The van der Waals surface area contributed by atoms with Crippen molar-refractivity contribution in [1.29, 1.82) is 0 Å². The van der Waals surface area contributed by atoms with Gasteiger partial charge in [0, 0.05) is 19.0 Å². The summed E-state index contributed by atoms with van der Waals surface area (Å²) < 4.78 is 0. The van der Waals surface area contributed by atoms with E-state index in [2.05, 4.69) is 5.73 Å². The molecule has 0 aliphatic heterocycles. The Labute approximate surface area is 108 Å². The number of hydrogen-bond donors (Lipinski definition) is 3. The molecule has 0 heterocycles. The maximum Gasteiger partial charge on any atom is 2.00 e. The van der Waals surface area contributed by atoms with E-state index in [0.717, 1.165) is 0 Å². The van der Waals surface area contributed by atoms with Crippen molar-refractivity contribution in [2.24, 2.45) is 17.2 Å². The molecule has 9 heteroatoms. The molecule has 0 aromatic heterocycles. The Morgan fingerprint density at radius 3 is 1.75 bits per heavy atom. The SMILES string of the molecule is NC(=O)CC[C@H](N)C(=O)[O-].NCC(=O)[O-].[Mg+2]. The van der Waals surface area contributed by atoms with Gasteiger partial charge in [0.1, 0.15) is 0 Å². The largest absolute Gasteiger partial charge is 2.00 e. The molecule has 0 spiro atoms. The van der Waals surface area contributed by atoms with E-state index in [0.29, 0.717) is 0 Å². The number of nitrogens with two attached hydrogens (primary N) is 3. The monoisotopic (exact) mass is 243 g/mol. The van der Waals surface area contributed by atoms with Gasteiger partial charge in [-0.2, -0.15) is 0 Å². The molecule has 0 aliphatic rings. The average molecular weight is 244 g/mol. The molecule has 0 bridgehead atoms. The second kappa shape index (κ2) is 12.2. The quantitative estimate of drug-likeness (QED) is 0.404. The molecule has 0 aliphatic carbocycles. The molecule has 1 amide bonds. The van der Waals surface area contributed by atoms with Crippen molar-refractivity contribution in [2.45, 2.75) is 18.9 Å². The van der Waals surface area contributed by atoms with Crippen LogP contribution in [0.25, 0.3) is 0 Å².